The molecule has 2 unspecified atom stereocenters. The normalized spacial score (nSPS) is 29.7. The molecule has 210 valence electrons. The number of nitrogens with zero attached hydrogens (tertiary/aromatic N) is 5. The van der Waals surface area contributed by atoms with Crippen LogP contribution in [0, 0.1) is 6.92 Å². The maximum Gasteiger partial charge on any atom is 0.318 e. The van der Waals surface area contributed by atoms with Crippen molar-refractivity contribution in [1.82, 2.24) is 20.2 Å². The number of aryl methyl sites for hydroxylation is 1. The second-order valence-electron chi connectivity index (χ2n) is 12.8. The Morgan fingerprint density at radius 2 is 1.85 bits per heavy atom. The Morgan fingerprint density at radius 3 is 2.70 bits per heavy atom. The minimum Gasteiger partial charge on any atom is -0.461 e. The molecule has 7 nitrogen and oxygen atoms in total. The van der Waals surface area contributed by atoms with Crippen LogP contribution in [0.1, 0.15) is 48.9 Å². The molecule has 8 rings (SSSR count). The minimum absolute atomic E-state index is 0.209. The topological polar surface area (TPSA) is 56.8 Å². The van der Waals surface area contributed by atoms with Crippen molar-refractivity contribution in [2.75, 3.05) is 49.1 Å². The lowest BCUT2D eigenvalue weighted by molar-refractivity contribution is 0.107. The summed E-state index contributed by atoms with van der Waals surface area (Å²) in [5, 5.41) is 6.35. The number of halogens is 1. The van der Waals surface area contributed by atoms with Gasteiger partial charge in [-0.2, -0.15) is 9.97 Å². The van der Waals surface area contributed by atoms with Gasteiger partial charge in [0.1, 0.15) is 18.6 Å². The monoisotopic (exact) mass is 542 g/mol. The number of anilines is 2. The van der Waals surface area contributed by atoms with Crippen LogP contribution in [-0.4, -0.2) is 78.0 Å². The summed E-state index contributed by atoms with van der Waals surface area (Å²) >= 11 is 0. The highest BCUT2D eigenvalue weighted by Crippen LogP contribution is 2.41. The van der Waals surface area contributed by atoms with Crippen LogP contribution in [0.3, 0.4) is 0 Å². The van der Waals surface area contributed by atoms with Gasteiger partial charge in [-0.05, 0) is 62.6 Å². The van der Waals surface area contributed by atoms with E-state index in [1.165, 1.54) is 40.4 Å². The van der Waals surface area contributed by atoms with E-state index in [0.29, 0.717) is 37.7 Å². The van der Waals surface area contributed by atoms with Crippen LogP contribution in [0.15, 0.2) is 36.4 Å². The van der Waals surface area contributed by atoms with E-state index < -0.39 is 6.17 Å². The Bertz CT molecular complexity index is 1430. The van der Waals surface area contributed by atoms with E-state index in [9.17, 15) is 4.39 Å². The Kier molecular flexibility index (Phi) is 5.92. The molecule has 0 spiro atoms. The molecule has 5 aliphatic rings. The molecule has 0 amide bonds. The molecule has 0 saturated carbocycles. The van der Waals surface area contributed by atoms with Crippen LogP contribution in [-0.2, 0) is 13.0 Å². The summed E-state index contributed by atoms with van der Waals surface area (Å²) in [7, 11) is 0. The van der Waals surface area contributed by atoms with E-state index >= 15 is 0 Å². The van der Waals surface area contributed by atoms with Crippen molar-refractivity contribution in [2.45, 2.75) is 75.8 Å². The second-order valence-corrected chi connectivity index (χ2v) is 12.8. The van der Waals surface area contributed by atoms with Crippen LogP contribution < -0.4 is 19.9 Å². The van der Waals surface area contributed by atoms with Gasteiger partial charge in [0, 0.05) is 61.3 Å². The average molecular weight is 543 g/mol. The van der Waals surface area contributed by atoms with E-state index in [-0.39, 0.29) is 5.54 Å². The Hall–Kier alpha value is -2.97. The molecule has 1 aromatic heterocycles. The standard InChI is InChI=1S/C32H39FN6O/c1-21-5-2-6-22-7-3-8-28(29(21)22)37-14-11-26-27(19-37)35-31(36-30(26)38-17-24-9-10-25(18-38)34-24)40-20-32-12-4-13-39(32)16-23(33)15-32/h2-3,5-8,23-25,34H,4,9-20H2,1H3/t23?,24-,25+,32?. The molecule has 0 aliphatic carbocycles. The fraction of sp³-hybridized carbons (Fsp3) is 0.562. The molecule has 6 heterocycles. The van der Waals surface area contributed by atoms with Gasteiger partial charge in [-0.1, -0.05) is 30.3 Å². The third-order valence-corrected chi connectivity index (χ3v) is 10.2. The van der Waals surface area contributed by atoms with E-state index in [1.54, 1.807) is 0 Å². The molecule has 1 N–H and O–H groups in total. The summed E-state index contributed by atoms with van der Waals surface area (Å²) in [5.41, 5.74) is 4.69. The zero-order valence-corrected chi connectivity index (χ0v) is 23.4. The molecule has 4 saturated heterocycles. The van der Waals surface area contributed by atoms with Crippen molar-refractivity contribution >= 4 is 22.3 Å². The first-order valence-corrected chi connectivity index (χ1v) is 15.2. The molecule has 5 aliphatic heterocycles. The first kappa shape index (κ1) is 24.8. The Labute approximate surface area is 235 Å². The molecule has 4 fully saturated rings. The lowest BCUT2D eigenvalue weighted by atomic mass is 9.95. The summed E-state index contributed by atoms with van der Waals surface area (Å²) < 4.78 is 20.9. The van der Waals surface area contributed by atoms with Crippen LogP contribution in [0.2, 0.25) is 0 Å². The quantitative estimate of drug-likeness (QED) is 0.513. The number of aromatic nitrogens is 2. The molecular formula is C32H39FN6O. The van der Waals surface area contributed by atoms with Gasteiger partial charge < -0.3 is 19.9 Å². The highest BCUT2D eigenvalue weighted by molar-refractivity contribution is 5.97. The lowest BCUT2D eigenvalue weighted by Crippen LogP contribution is -2.52. The van der Waals surface area contributed by atoms with Crippen LogP contribution in [0.25, 0.3) is 10.8 Å². The fourth-order valence-electron chi connectivity index (χ4n) is 8.31. The van der Waals surface area contributed by atoms with Crippen LogP contribution in [0.4, 0.5) is 15.9 Å². The van der Waals surface area contributed by atoms with Gasteiger partial charge in [0.25, 0.3) is 0 Å². The zero-order valence-electron chi connectivity index (χ0n) is 23.4. The van der Waals surface area contributed by atoms with Gasteiger partial charge in [-0.25, -0.2) is 4.39 Å². The molecule has 0 radical (unpaired) electrons. The van der Waals surface area contributed by atoms with Gasteiger partial charge in [0.05, 0.1) is 17.8 Å². The first-order chi connectivity index (χ1) is 19.5. The summed E-state index contributed by atoms with van der Waals surface area (Å²) in [4.78, 5) is 17.4. The molecular weight excluding hydrogens is 503 g/mol. The van der Waals surface area contributed by atoms with Crippen LogP contribution >= 0.6 is 0 Å². The predicted octanol–water partition coefficient (Wildman–Crippen LogP) is 4.40. The van der Waals surface area contributed by atoms with Gasteiger partial charge in [0.2, 0.25) is 0 Å². The first-order valence-electron chi connectivity index (χ1n) is 15.2. The van der Waals surface area contributed by atoms with E-state index in [4.69, 9.17) is 14.7 Å². The van der Waals surface area contributed by atoms with Crippen molar-refractivity contribution in [3.8, 4) is 6.01 Å². The number of hydrogen-bond acceptors (Lipinski definition) is 7. The van der Waals surface area contributed by atoms with Crippen molar-refractivity contribution in [3.63, 3.8) is 0 Å². The van der Waals surface area contributed by atoms with Gasteiger partial charge in [0.15, 0.2) is 0 Å². The second kappa shape index (κ2) is 9.55. The summed E-state index contributed by atoms with van der Waals surface area (Å²) in [6, 6.07) is 14.7. The van der Waals surface area contributed by atoms with Crippen molar-refractivity contribution in [3.05, 3.63) is 53.2 Å². The zero-order chi connectivity index (χ0) is 26.8. The fourth-order valence-corrected chi connectivity index (χ4v) is 8.31. The molecule has 40 heavy (non-hydrogen) atoms. The maximum absolute atomic E-state index is 14.4. The number of hydrogen-bond donors (Lipinski definition) is 1. The highest BCUT2D eigenvalue weighted by Gasteiger charge is 2.49. The third-order valence-electron chi connectivity index (χ3n) is 10.2. The Morgan fingerprint density at radius 1 is 1.02 bits per heavy atom. The lowest BCUT2D eigenvalue weighted by Gasteiger charge is -2.38. The minimum atomic E-state index is -0.766. The van der Waals surface area contributed by atoms with E-state index in [0.717, 1.165) is 63.5 Å². The number of alkyl halides is 1. The van der Waals surface area contributed by atoms with Crippen molar-refractivity contribution in [1.29, 1.82) is 0 Å². The molecule has 4 atom stereocenters. The summed E-state index contributed by atoms with van der Waals surface area (Å²) in [6.07, 6.45) is 5.26. The molecule has 2 aromatic carbocycles. The molecule has 2 bridgehead atoms. The maximum atomic E-state index is 14.4. The van der Waals surface area contributed by atoms with E-state index in [2.05, 4.69) is 63.3 Å². The molecule has 8 heteroatoms. The SMILES string of the molecule is Cc1cccc2cccc(N3CCc4c(nc(OCC56CCCN5CC(F)C6)nc4N4C[C@H]5CC[C@@H](C4)N5)C3)c12. The number of rotatable bonds is 5. The molecule has 3 aromatic rings. The van der Waals surface area contributed by atoms with Crippen LogP contribution in [0.5, 0.6) is 6.01 Å². The largest absolute Gasteiger partial charge is 0.461 e. The number of fused-ring (bicyclic) bond motifs is 5. The number of piperazine rings is 1. The van der Waals surface area contributed by atoms with Gasteiger partial charge >= 0.3 is 6.01 Å². The summed E-state index contributed by atoms with van der Waals surface area (Å²) in [5.74, 6) is 1.06. The average Bonchev–Trinajstić information content (AvgIpc) is 3.61. The number of benzene rings is 2. The third kappa shape index (κ3) is 4.14. The van der Waals surface area contributed by atoms with Gasteiger partial charge in [-0.3, -0.25) is 4.90 Å². The van der Waals surface area contributed by atoms with Gasteiger partial charge in [-0.15, -0.1) is 0 Å². The van der Waals surface area contributed by atoms with Crippen molar-refractivity contribution in [2.24, 2.45) is 0 Å². The summed E-state index contributed by atoms with van der Waals surface area (Å²) in [6.45, 7) is 7.78. The number of nitrogens with one attached hydrogen (secondary N) is 1. The number of ether oxygens (including phenoxy) is 1. The smallest absolute Gasteiger partial charge is 0.318 e. The Balaban J connectivity index is 1.14. The predicted molar refractivity (Wildman–Crippen MR) is 156 cm³/mol. The van der Waals surface area contributed by atoms with Crippen molar-refractivity contribution < 1.29 is 9.13 Å². The van der Waals surface area contributed by atoms with E-state index in [1.807, 2.05) is 0 Å². The highest BCUT2D eigenvalue weighted by atomic mass is 19.1.